The standard InChI is InChI=1S/C20H21N3O3S/c1-23(2)27(24,25)22-18-10-8-16(9-11-18)21-17-12-14-20(15-13-17)26-19-6-4-3-5-7-19/h3-15,21-22H,1-2H3. The van der Waals surface area contributed by atoms with Gasteiger partial charge in [-0.05, 0) is 60.7 Å². The minimum absolute atomic E-state index is 0.501. The molecule has 0 aliphatic rings. The molecule has 0 heterocycles. The van der Waals surface area contributed by atoms with Gasteiger partial charge in [-0.1, -0.05) is 18.2 Å². The van der Waals surface area contributed by atoms with Gasteiger partial charge >= 0.3 is 10.2 Å². The second-order valence-electron chi connectivity index (χ2n) is 6.03. The van der Waals surface area contributed by atoms with Gasteiger partial charge in [0.25, 0.3) is 0 Å². The first-order valence-corrected chi connectivity index (χ1v) is 9.77. The molecular weight excluding hydrogens is 362 g/mol. The molecule has 0 saturated heterocycles. The molecule has 3 rings (SSSR count). The van der Waals surface area contributed by atoms with Crippen LogP contribution in [0.25, 0.3) is 0 Å². The SMILES string of the molecule is CN(C)S(=O)(=O)Nc1ccc(Nc2ccc(Oc3ccccc3)cc2)cc1. The molecular formula is C20H21N3O3S. The molecule has 0 aliphatic heterocycles. The maximum absolute atomic E-state index is 11.8. The van der Waals surface area contributed by atoms with Gasteiger partial charge in [0.2, 0.25) is 0 Å². The van der Waals surface area contributed by atoms with Gasteiger partial charge in [0, 0.05) is 31.2 Å². The third-order valence-corrected chi connectivity index (χ3v) is 5.19. The Morgan fingerprint density at radius 3 is 1.74 bits per heavy atom. The van der Waals surface area contributed by atoms with E-state index in [2.05, 4.69) is 10.0 Å². The predicted octanol–water partition coefficient (Wildman–Crippen LogP) is 4.44. The van der Waals surface area contributed by atoms with E-state index >= 15 is 0 Å². The number of rotatable bonds is 7. The van der Waals surface area contributed by atoms with Crippen molar-refractivity contribution in [3.8, 4) is 11.5 Å². The van der Waals surface area contributed by atoms with Crippen LogP contribution in [0, 0.1) is 0 Å². The Kier molecular flexibility index (Phi) is 5.63. The molecule has 0 radical (unpaired) electrons. The van der Waals surface area contributed by atoms with Gasteiger partial charge in [0.15, 0.2) is 0 Å². The molecule has 6 nitrogen and oxygen atoms in total. The normalized spacial score (nSPS) is 11.2. The van der Waals surface area contributed by atoms with E-state index in [1.54, 1.807) is 12.1 Å². The van der Waals surface area contributed by atoms with Gasteiger partial charge in [-0.2, -0.15) is 12.7 Å². The molecule has 3 aromatic rings. The summed E-state index contributed by atoms with van der Waals surface area (Å²) in [5, 5.41) is 3.26. The third kappa shape index (κ3) is 5.22. The molecule has 0 unspecified atom stereocenters. The number of hydrogen-bond acceptors (Lipinski definition) is 4. The van der Waals surface area contributed by atoms with Gasteiger partial charge in [0.1, 0.15) is 11.5 Å². The monoisotopic (exact) mass is 383 g/mol. The largest absolute Gasteiger partial charge is 0.457 e. The summed E-state index contributed by atoms with van der Waals surface area (Å²) >= 11 is 0. The van der Waals surface area contributed by atoms with Gasteiger partial charge in [-0.3, -0.25) is 4.72 Å². The van der Waals surface area contributed by atoms with Crippen molar-refractivity contribution < 1.29 is 13.2 Å². The molecule has 0 aromatic heterocycles. The molecule has 0 bridgehead atoms. The van der Waals surface area contributed by atoms with Crippen LogP contribution in [0.15, 0.2) is 78.9 Å². The fourth-order valence-corrected chi connectivity index (χ4v) is 2.88. The maximum atomic E-state index is 11.8. The highest BCUT2D eigenvalue weighted by molar-refractivity contribution is 7.90. The van der Waals surface area contributed by atoms with E-state index in [9.17, 15) is 8.42 Å². The number of nitrogens with zero attached hydrogens (tertiary/aromatic N) is 1. The first-order chi connectivity index (χ1) is 12.9. The quantitative estimate of drug-likeness (QED) is 0.633. The van der Waals surface area contributed by atoms with E-state index < -0.39 is 10.2 Å². The molecule has 0 atom stereocenters. The van der Waals surface area contributed by atoms with Crippen molar-refractivity contribution in [2.75, 3.05) is 24.1 Å². The predicted molar refractivity (Wildman–Crippen MR) is 109 cm³/mol. The maximum Gasteiger partial charge on any atom is 0.301 e. The summed E-state index contributed by atoms with van der Waals surface area (Å²) < 4.78 is 33.0. The average Bonchev–Trinajstić information content (AvgIpc) is 2.65. The molecule has 0 amide bonds. The number of nitrogens with one attached hydrogen (secondary N) is 2. The molecule has 2 N–H and O–H groups in total. The molecule has 3 aromatic carbocycles. The van der Waals surface area contributed by atoms with E-state index in [1.165, 1.54) is 14.1 Å². The Labute approximate surface area is 159 Å². The number of hydrogen-bond donors (Lipinski definition) is 2. The lowest BCUT2D eigenvalue weighted by Gasteiger charge is -2.14. The van der Waals surface area contributed by atoms with E-state index in [1.807, 2.05) is 66.7 Å². The van der Waals surface area contributed by atoms with Crippen molar-refractivity contribution in [2.24, 2.45) is 0 Å². The van der Waals surface area contributed by atoms with Crippen LogP contribution in [0.3, 0.4) is 0 Å². The fraction of sp³-hybridized carbons (Fsp3) is 0.100. The van der Waals surface area contributed by atoms with E-state index in [0.29, 0.717) is 5.69 Å². The lowest BCUT2D eigenvalue weighted by atomic mass is 10.2. The highest BCUT2D eigenvalue weighted by Gasteiger charge is 2.12. The minimum atomic E-state index is -3.50. The minimum Gasteiger partial charge on any atom is -0.457 e. The first-order valence-electron chi connectivity index (χ1n) is 8.33. The topological polar surface area (TPSA) is 70.7 Å². The van der Waals surface area contributed by atoms with Crippen molar-refractivity contribution in [3.63, 3.8) is 0 Å². The summed E-state index contributed by atoms with van der Waals surface area (Å²) in [6.07, 6.45) is 0. The Morgan fingerprint density at radius 1 is 0.704 bits per heavy atom. The average molecular weight is 383 g/mol. The Hall–Kier alpha value is -3.03. The summed E-state index contributed by atoms with van der Waals surface area (Å²) in [7, 11) is -0.553. The molecule has 7 heteroatoms. The van der Waals surface area contributed by atoms with E-state index in [0.717, 1.165) is 27.2 Å². The van der Waals surface area contributed by atoms with Gasteiger partial charge < -0.3 is 10.1 Å². The number of anilines is 3. The number of benzene rings is 3. The number of para-hydroxylation sites is 1. The fourth-order valence-electron chi connectivity index (χ4n) is 2.26. The second kappa shape index (κ2) is 8.11. The van der Waals surface area contributed by atoms with Crippen molar-refractivity contribution in [1.82, 2.24) is 4.31 Å². The van der Waals surface area contributed by atoms with Gasteiger partial charge in [-0.25, -0.2) is 0 Å². The highest BCUT2D eigenvalue weighted by Crippen LogP contribution is 2.25. The molecule has 0 spiro atoms. The van der Waals surface area contributed by atoms with Crippen LogP contribution in [-0.4, -0.2) is 26.8 Å². The van der Waals surface area contributed by atoms with Crippen LogP contribution < -0.4 is 14.8 Å². The van der Waals surface area contributed by atoms with Crippen LogP contribution in [0.1, 0.15) is 0 Å². The van der Waals surface area contributed by atoms with E-state index in [4.69, 9.17) is 4.74 Å². The van der Waals surface area contributed by atoms with Crippen LogP contribution >= 0.6 is 0 Å². The first kappa shape index (κ1) is 18.8. The summed E-state index contributed by atoms with van der Waals surface area (Å²) in [4.78, 5) is 0. The summed E-state index contributed by atoms with van der Waals surface area (Å²) in [5.74, 6) is 1.54. The summed E-state index contributed by atoms with van der Waals surface area (Å²) in [5.41, 5.74) is 2.25. The Morgan fingerprint density at radius 2 is 1.19 bits per heavy atom. The Bertz CT molecular complexity index is 971. The van der Waals surface area contributed by atoms with Gasteiger partial charge in [0.05, 0.1) is 0 Å². The van der Waals surface area contributed by atoms with Crippen molar-refractivity contribution in [2.45, 2.75) is 0 Å². The lowest BCUT2D eigenvalue weighted by Crippen LogP contribution is -2.28. The molecule has 0 saturated carbocycles. The molecule has 0 aliphatic carbocycles. The third-order valence-electron chi connectivity index (χ3n) is 3.73. The van der Waals surface area contributed by atoms with Gasteiger partial charge in [-0.15, -0.1) is 0 Å². The van der Waals surface area contributed by atoms with Crippen LogP contribution in [-0.2, 0) is 10.2 Å². The van der Waals surface area contributed by atoms with Crippen LogP contribution in [0.5, 0.6) is 11.5 Å². The summed E-state index contributed by atoms with van der Waals surface area (Å²) in [6.45, 7) is 0. The van der Waals surface area contributed by atoms with E-state index in [-0.39, 0.29) is 0 Å². The van der Waals surface area contributed by atoms with Crippen LogP contribution in [0.2, 0.25) is 0 Å². The Balaban J connectivity index is 1.62. The van der Waals surface area contributed by atoms with Crippen LogP contribution in [0.4, 0.5) is 17.1 Å². The summed E-state index contributed by atoms with van der Waals surface area (Å²) in [6, 6.07) is 24.2. The number of ether oxygens (including phenoxy) is 1. The molecule has 27 heavy (non-hydrogen) atoms. The van der Waals surface area contributed by atoms with Crippen molar-refractivity contribution >= 4 is 27.3 Å². The second-order valence-corrected chi connectivity index (χ2v) is 7.92. The molecule has 0 fully saturated rings. The molecule has 140 valence electrons. The van der Waals surface area contributed by atoms with Crippen molar-refractivity contribution in [1.29, 1.82) is 0 Å². The van der Waals surface area contributed by atoms with Crippen molar-refractivity contribution in [3.05, 3.63) is 78.9 Å². The zero-order chi connectivity index (χ0) is 19.3. The lowest BCUT2D eigenvalue weighted by molar-refractivity contribution is 0.483. The zero-order valence-electron chi connectivity index (χ0n) is 15.1. The smallest absolute Gasteiger partial charge is 0.301 e. The zero-order valence-corrected chi connectivity index (χ0v) is 15.9. The highest BCUT2D eigenvalue weighted by atomic mass is 32.2.